The molecule has 0 saturated heterocycles. The standard InChI is InChI=1S/C54H89NO5/c1-4-7-10-13-16-19-22-24-25-26-27-29-31-33-36-39-42-45-50(60-54(59)47-44-41-38-35-32-28-23-20-17-14-11-8-5-2)48-53(58)55-51(49-56)52(57)46-43-40-37-34-30-21-18-15-12-9-6-3/h8,11,14,16-17,19-20,23-25,27-29,32-33,35-36,38,50-52,56-57H,4-7,9-10,12-13,15,18,21-22,26,30-31,34,37,39-49H2,1-3H3,(H,55,58)/b11-8+,17-14+,19-16-,23-20-,25-24-,29-27-,32-28-,36-33-,38-35+. The SMILES string of the molecule is CC/C=C/C=C/C=C\C=C/C=C/CCCC(=O)OC(CCC/C=C\C/C=C\C/C=C\C/C=C\CCCCC)CC(=O)NC(CO)C(O)CCCCCCCCCCCCC. The number of carbonyl (C=O) groups is 2. The van der Waals surface area contributed by atoms with Crippen molar-refractivity contribution in [1.29, 1.82) is 0 Å². The fourth-order valence-electron chi connectivity index (χ4n) is 6.57. The van der Waals surface area contributed by atoms with Crippen molar-refractivity contribution < 1.29 is 24.5 Å². The molecule has 3 unspecified atom stereocenters. The fourth-order valence-corrected chi connectivity index (χ4v) is 6.57. The van der Waals surface area contributed by atoms with Gasteiger partial charge in [0.05, 0.1) is 25.2 Å². The van der Waals surface area contributed by atoms with Crippen molar-refractivity contribution in [2.45, 2.75) is 212 Å². The van der Waals surface area contributed by atoms with Crippen molar-refractivity contribution in [1.82, 2.24) is 5.32 Å². The van der Waals surface area contributed by atoms with Gasteiger partial charge in [-0.15, -0.1) is 0 Å². The molecule has 0 spiro atoms. The Bertz CT molecular complexity index is 1250. The van der Waals surface area contributed by atoms with Gasteiger partial charge in [0, 0.05) is 6.42 Å². The first kappa shape index (κ1) is 56.5. The smallest absolute Gasteiger partial charge is 0.306 e. The van der Waals surface area contributed by atoms with Gasteiger partial charge in [0.25, 0.3) is 0 Å². The maximum Gasteiger partial charge on any atom is 0.306 e. The fraction of sp³-hybridized carbons (Fsp3) is 0.630. The molecular formula is C54H89NO5. The second-order valence-corrected chi connectivity index (χ2v) is 15.9. The minimum absolute atomic E-state index is 0.00428. The molecule has 0 aliphatic heterocycles. The molecule has 0 aliphatic carbocycles. The molecule has 0 fully saturated rings. The maximum atomic E-state index is 13.2. The zero-order valence-corrected chi connectivity index (χ0v) is 38.5. The van der Waals surface area contributed by atoms with E-state index < -0.39 is 18.2 Å². The van der Waals surface area contributed by atoms with Gasteiger partial charge in [0.2, 0.25) is 5.91 Å². The second-order valence-electron chi connectivity index (χ2n) is 15.9. The zero-order chi connectivity index (χ0) is 43.8. The van der Waals surface area contributed by atoms with Crippen LogP contribution in [0.1, 0.15) is 194 Å². The first-order valence-corrected chi connectivity index (χ1v) is 24.2. The molecule has 3 N–H and O–H groups in total. The monoisotopic (exact) mass is 832 g/mol. The van der Waals surface area contributed by atoms with Gasteiger partial charge >= 0.3 is 5.97 Å². The molecule has 340 valence electrons. The van der Waals surface area contributed by atoms with Crippen molar-refractivity contribution in [3.05, 3.63) is 109 Å². The van der Waals surface area contributed by atoms with E-state index in [9.17, 15) is 19.8 Å². The van der Waals surface area contributed by atoms with Crippen LogP contribution < -0.4 is 5.32 Å². The molecule has 0 rings (SSSR count). The average molecular weight is 832 g/mol. The Morgan fingerprint density at radius 2 is 0.983 bits per heavy atom. The summed E-state index contributed by atoms with van der Waals surface area (Å²) in [6.07, 6.45) is 62.9. The molecule has 3 atom stereocenters. The maximum absolute atomic E-state index is 13.2. The Morgan fingerprint density at radius 3 is 1.53 bits per heavy atom. The van der Waals surface area contributed by atoms with Crippen LogP contribution in [-0.4, -0.2) is 46.9 Å². The molecule has 1 amide bonds. The van der Waals surface area contributed by atoms with Gasteiger partial charge in [-0.2, -0.15) is 0 Å². The van der Waals surface area contributed by atoms with Crippen LogP contribution in [0.3, 0.4) is 0 Å². The number of amides is 1. The van der Waals surface area contributed by atoms with E-state index in [2.05, 4.69) is 80.8 Å². The largest absolute Gasteiger partial charge is 0.462 e. The summed E-state index contributed by atoms with van der Waals surface area (Å²) in [6, 6.07) is -0.739. The van der Waals surface area contributed by atoms with Crippen LogP contribution in [0.15, 0.2) is 109 Å². The molecule has 6 heteroatoms. The third kappa shape index (κ3) is 41.3. The Kier molecular flexibility index (Phi) is 43.9. The van der Waals surface area contributed by atoms with Crippen LogP contribution in [-0.2, 0) is 14.3 Å². The summed E-state index contributed by atoms with van der Waals surface area (Å²) in [5.41, 5.74) is 0. The molecule has 0 aliphatic rings. The van der Waals surface area contributed by atoms with E-state index >= 15 is 0 Å². The first-order valence-electron chi connectivity index (χ1n) is 24.2. The van der Waals surface area contributed by atoms with Crippen LogP contribution in [0, 0.1) is 0 Å². The second kappa shape index (κ2) is 46.6. The van der Waals surface area contributed by atoms with Crippen LogP contribution in [0.2, 0.25) is 0 Å². The number of unbranched alkanes of at least 4 members (excludes halogenated alkanes) is 15. The van der Waals surface area contributed by atoms with Crippen molar-refractivity contribution in [3.63, 3.8) is 0 Å². The van der Waals surface area contributed by atoms with Gasteiger partial charge in [0.15, 0.2) is 0 Å². The van der Waals surface area contributed by atoms with Crippen LogP contribution in [0.5, 0.6) is 0 Å². The van der Waals surface area contributed by atoms with Gasteiger partial charge in [-0.3, -0.25) is 9.59 Å². The number of nitrogens with one attached hydrogen (secondary N) is 1. The van der Waals surface area contributed by atoms with E-state index in [0.717, 1.165) is 64.2 Å². The van der Waals surface area contributed by atoms with E-state index in [4.69, 9.17) is 4.74 Å². The van der Waals surface area contributed by atoms with E-state index in [1.807, 2.05) is 54.7 Å². The lowest BCUT2D eigenvalue weighted by Crippen LogP contribution is -2.46. The molecule has 0 bridgehead atoms. The predicted molar refractivity (Wildman–Crippen MR) is 259 cm³/mol. The summed E-state index contributed by atoms with van der Waals surface area (Å²) in [6.45, 7) is 6.25. The molecule has 0 radical (unpaired) electrons. The van der Waals surface area contributed by atoms with Gasteiger partial charge in [-0.05, 0) is 77.0 Å². The lowest BCUT2D eigenvalue weighted by molar-refractivity contribution is -0.151. The molecule has 0 aromatic rings. The molecular weight excluding hydrogens is 743 g/mol. The lowest BCUT2D eigenvalue weighted by Gasteiger charge is -2.24. The lowest BCUT2D eigenvalue weighted by atomic mass is 10.0. The third-order valence-electron chi connectivity index (χ3n) is 10.2. The van der Waals surface area contributed by atoms with Crippen LogP contribution in [0.25, 0.3) is 0 Å². The summed E-state index contributed by atoms with van der Waals surface area (Å²) in [4.78, 5) is 26.0. The van der Waals surface area contributed by atoms with Gasteiger partial charge in [0.1, 0.15) is 6.10 Å². The number of aliphatic hydroxyl groups excluding tert-OH is 2. The van der Waals surface area contributed by atoms with Gasteiger partial charge in [-0.25, -0.2) is 0 Å². The highest BCUT2D eigenvalue weighted by molar-refractivity contribution is 5.77. The normalized spacial score (nSPS) is 14.3. The Morgan fingerprint density at radius 1 is 0.517 bits per heavy atom. The number of hydrogen-bond acceptors (Lipinski definition) is 5. The third-order valence-corrected chi connectivity index (χ3v) is 10.2. The molecule has 0 aromatic heterocycles. The number of ether oxygens (including phenoxy) is 1. The number of hydrogen-bond donors (Lipinski definition) is 3. The van der Waals surface area contributed by atoms with Crippen molar-refractivity contribution in [2.75, 3.05) is 6.61 Å². The summed E-state index contributed by atoms with van der Waals surface area (Å²) >= 11 is 0. The Labute approximate surface area is 368 Å². The molecule has 6 nitrogen and oxygen atoms in total. The van der Waals surface area contributed by atoms with Crippen molar-refractivity contribution in [2.24, 2.45) is 0 Å². The van der Waals surface area contributed by atoms with Crippen LogP contribution >= 0.6 is 0 Å². The van der Waals surface area contributed by atoms with E-state index in [1.165, 1.54) is 77.0 Å². The Balaban J connectivity index is 4.85. The number of rotatable bonds is 41. The molecule has 0 saturated carbocycles. The summed E-state index contributed by atoms with van der Waals surface area (Å²) in [7, 11) is 0. The highest BCUT2D eigenvalue weighted by Gasteiger charge is 2.23. The van der Waals surface area contributed by atoms with Gasteiger partial charge < -0.3 is 20.3 Å². The minimum Gasteiger partial charge on any atom is -0.462 e. The topological polar surface area (TPSA) is 95.9 Å². The summed E-state index contributed by atoms with van der Waals surface area (Å²) in [5, 5.41) is 23.6. The number of aliphatic hydroxyl groups is 2. The highest BCUT2D eigenvalue weighted by atomic mass is 16.5. The average Bonchev–Trinajstić information content (AvgIpc) is 3.24. The van der Waals surface area contributed by atoms with Crippen molar-refractivity contribution >= 4 is 11.9 Å². The summed E-state index contributed by atoms with van der Waals surface area (Å²) in [5.74, 6) is -0.629. The van der Waals surface area contributed by atoms with Gasteiger partial charge in [-0.1, -0.05) is 214 Å². The number of carbonyl (C=O) groups excluding carboxylic acids is 2. The molecule has 0 aromatic carbocycles. The van der Waals surface area contributed by atoms with Crippen LogP contribution in [0.4, 0.5) is 0 Å². The predicted octanol–water partition coefficient (Wildman–Crippen LogP) is 14.3. The molecule has 60 heavy (non-hydrogen) atoms. The van der Waals surface area contributed by atoms with E-state index in [1.54, 1.807) is 0 Å². The van der Waals surface area contributed by atoms with E-state index in [-0.39, 0.29) is 31.3 Å². The zero-order valence-electron chi connectivity index (χ0n) is 38.5. The highest BCUT2D eigenvalue weighted by Crippen LogP contribution is 2.16. The van der Waals surface area contributed by atoms with E-state index in [0.29, 0.717) is 19.3 Å². The first-order chi connectivity index (χ1) is 29.5. The minimum atomic E-state index is -0.820. The summed E-state index contributed by atoms with van der Waals surface area (Å²) < 4.78 is 5.85. The molecule has 0 heterocycles. The number of esters is 1. The quantitative estimate of drug-likeness (QED) is 0.0247. The van der Waals surface area contributed by atoms with Crippen molar-refractivity contribution in [3.8, 4) is 0 Å². The number of allylic oxidation sites excluding steroid dienone is 18. The Hall–Kier alpha value is -3.48.